The second-order valence-corrected chi connectivity index (χ2v) is 17.7. The number of anilines is 6. The fraction of sp³-hybridized carbons (Fsp3) is 0.135. The van der Waals surface area contributed by atoms with Gasteiger partial charge < -0.3 is 26.4 Å². The zero-order valence-electron chi connectivity index (χ0n) is 31.6. The number of amides is 1. The lowest BCUT2D eigenvalue weighted by Crippen LogP contribution is -2.23. The number of nitrogens with two attached hydrogens (primary N) is 1. The Hall–Kier alpha value is -5.69. The first-order valence-corrected chi connectivity index (χ1v) is 22.8. The normalized spacial score (nSPS) is 12.6. The molecule has 6 rings (SSSR count). The first-order chi connectivity index (χ1) is 28.9. The molecule has 1 atom stereocenters. The standard InChI is InChI=1S/C37H32Br2ClN11O8S2/c1-3-51(24-9-4-6-19(2)14-24)37-45-35(40)44-36(46-37)43-21-7-5-8-23(16-21)47-50-32-29(61(57,58)59)15-20-10-12-26(31(41)30(20)33(32)52)48-49-27-17-22(42-34(53)25(39)18-38)11-13-28(27)60(54,55)56/h4-17,25,52H,3,18,41H2,1-2H3,(H,42,53)(H,54,55,56)(H,57,58,59)(H,43,44,45,46). The minimum atomic E-state index is -5.01. The summed E-state index contributed by atoms with van der Waals surface area (Å²) in [5.41, 5.74) is 7.52. The number of rotatable bonds is 14. The average Bonchev–Trinajstić information content (AvgIpc) is 3.19. The van der Waals surface area contributed by atoms with E-state index in [2.05, 4.69) is 77.9 Å². The molecule has 0 fully saturated rings. The zero-order valence-corrected chi connectivity index (χ0v) is 37.1. The lowest BCUT2D eigenvalue weighted by Gasteiger charge is -2.21. The molecule has 24 heteroatoms. The molecule has 0 spiro atoms. The summed E-state index contributed by atoms with van der Waals surface area (Å²) in [4.78, 5) is 25.2. The number of aromatic hydroxyl groups is 1. The SMILES string of the molecule is CCN(c1cccc(C)c1)c1nc(Cl)nc(Nc2cccc(N=Nc3c(S(=O)(=O)O)cc4ccc(N=Nc5cc(NC(=O)C(Br)CBr)ccc5S(=O)(=O)O)c(N)c4c3O)c2)n1. The van der Waals surface area contributed by atoms with Gasteiger partial charge in [0.25, 0.3) is 20.2 Å². The molecule has 0 radical (unpaired) electrons. The summed E-state index contributed by atoms with van der Waals surface area (Å²) >= 11 is 12.7. The number of carbonyl (C=O) groups is 1. The minimum Gasteiger partial charge on any atom is -0.505 e. The molecule has 5 aromatic carbocycles. The molecule has 0 aliphatic rings. The summed E-state index contributed by atoms with van der Waals surface area (Å²) in [5, 5.41) is 33.2. The number of aromatic nitrogens is 3. The van der Waals surface area contributed by atoms with Gasteiger partial charge in [-0.2, -0.15) is 36.9 Å². The van der Waals surface area contributed by atoms with E-state index >= 15 is 0 Å². The van der Waals surface area contributed by atoms with Crippen LogP contribution in [0.25, 0.3) is 10.8 Å². The van der Waals surface area contributed by atoms with Gasteiger partial charge in [-0.3, -0.25) is 13.9 Å². The molecule has 19 nitrogen and oxygen atoms in total. The van der Waals surface area contributed by atoms with Crippen LogP contribution in [0.1, 0.15) is 12.5 Å². The number of phenolic OH excluding ortho intramolecular Hbond substituents is 1. The number of hydrogen-bond acceptors (Lipinski definition) is 16. The van der Waals surface area contributed by atoms with Gasteiger partial charge in [0, 0.05) is 28.9 Å². The van der Waals surface area contributed by atoms with Crippen molar-refractivity contribution in [2.75, 3.05) is 33.1 Å². The Morgan fingerprint density at radius 1 is 0.869 bits per heavy atom. The summed E-state index contributed by atoms with van der Waals surface area (Å²) in [5.74, 6) is -0.881. The van der Waals surface area contributed by atoms with Crippen LogP contribution in [-0.4, -0.2) is 68.6 Å². The Morgan fingerprint density at radius 3 is 2.28 bits per heavy atom. The summed E-state index contributed by atoms with van der Waals surface area (Å²) in [7, 11) is -9.84. The van der Waals surface area contributed by atoms with Gasteiger partial charge in [-0.05, 0) is 97.1 Å². The fourth-order valence-corrected chi connectivity index (χ4v) is 7.59. The number of nitrogen functional groups attached to an aromatic ring is 1. The monoisotopic (exact) mass is 1010 g/mol. The van der Waals surface area contributed by atoms with Crippen molar-refractivity contribution in [2.24, 2.45) is 20.5 Å². The molecule has 1 unspecified atom stereocenters. The van der Waals surface area contributed by atoms with E-state index in [1.165, 1.54) is 30.3 Å². The molecule has 7 N–H and O–H groups in total. The number of nitrogens with one attached hydrogen (secondary N) is 2. The number of benzene rings is 5. The van der Waals surface area contributed by atoms with Gasteiger partial charge in [0.05, 0.1) is 16.8 Å². The highest BCUT2D eigenvalue weighted by Gasteiger charge is 2.25. The van der Waals surface area contributed by atoms with Crippen molar-refractivity contribution in [1.82, 2.24) is 15.0 Å². The maximum absolute atomic E-state index is 12.6. The van der Waals surface area contributed by atoms with Crippen LogP contribution in [-0.2, 0) is 25.0 Å². The number of azo groups is 2. The predicted octanol–water partition coefficient (Wildman–Crippen LogP) is 9.60. The second-order valence-electron chi connectivity index (χ2n) is 12.8. The number of aryl methyl sites for hydroxylation is 1. The summed E-state index contributed by atoms with van der Waals surface area (Å²) in [6.07, 6.45) is 0. The van der Waals surface area contributed by atoms with Crippen LogP contribution < -0.4 is 21.3 Å². The van der Waals surface area contributed by atoms with Crippen molar-refractivity contribution in [3.63, 3.8) is 0 Å². The van der Waals surface area contributed by atoms with Crippen LogP contribution in [0.5, 0.6) is 5.75 Å². The van der Waals surface area contributed by atoms with Crippen LogP contribution >= 0.6 is 43.5 Å². The number of nitrogens with zero attached hydrogens (tertiary/aromatic N) is 8. The topological polar surface area (TPSA) is 287 Å². The smallest absolute Gasteiger partial charge is 0.296 e. The summed E-state index contributed by atoms with van der Waals surface area (Å²) in [6, 6.07) is 21.1. The Bertz CT molecular complexity index is 2980. The lowest BCUT2D eigenvalue weighted by atomic mass is 10.1. The third-order valence-corrected chi connectivity index (χ3v) is 12.7. The summed E-state index contributed by atoms with van der Waals surface area (Å²) in [6.45, 7) is 4.42. The molecule has 61 heavy (non-hydrogen) atoms. The maximum Gasteiger partial charge on any atom is 0.296 e. The van der Waals surface area contributed by atoms with E-state index < -0.39 is 52.2 Å². The quantitative estimate of drug-likeness (QED) is 0.0256. The molecule has 1 heterocycles. The van der Waals surface area contributed by atoms with Crippen LogP contribution in [0.15, 0.2) is 115 Å². The van der Waals surface area contributed by atoms with Crippen molar-refractivity contribution in [2.45, 2.75) is 28.5 Å². The highest BCUT2D eigenvalue weighted by Crippen LogP contribution is 2.46. The van der Waals surface area contributed by atoms with Crippen LogP contribution in [0.3, 0.4) is 0 Å². The van der Waals surface area contributed by atoms with Crippen LogP contribution in [0.4, 0.5) is 57.4 Å². The summed E-state index contributed by atoms with van der Waals surface area (Å²) < 4.78 is 69.4. The molecule has 0 saturated heterocycles. The van der Waals surface area contributed by atoms with Crippen molar-refractivity contribution in [1.29, 1.82) is 0 Å². The molecule has 0 bridgehead atoms. The number of carbonyl (C=O) groups excluding carboxylic acids is 1. The Kier molecular flexibility index (Phi) is 13.6. The van der Waals surface area contributed by atoms with E-state index in [-0.39, 0.29) is 61.7 Å². The molecule has 1 aromatic heterocycles. The van der Waals surface area contributed by atoms with Gasteiger partial charge in [-0.1, -0.05) is 56.1 Å². The van der Waals surface area contributed by atoms with Gasteiger partial charge in [-0.25, -0.2) is 0 Å². The van der Waals surface area contributed by atoms with Crippen molar-refractivity contribution >= 4 is 138 Å². The van der Waals surface area contributed by atoms with Crippen LogP contribution in [0, 0.1) is 6.92 Å². The van der Waals surface area contributed by atoms with E-state index in [4.69, 9.17) is 17.3 Å². The molecular formula is C37H32Br2ClN11O8S2. The van der Waals surface area contributed by atoms with Crippen molar-refractivity contribution in [3.05, 3.63) is 95.8 Å². The molecule has 316 valence electrons. The van der Waals surface area contributed by atoms with E-state index in [0.29, 0.717) is 12.2 Å². The van der Waals surface area contributed by atoms with Gasteiger partial charge in [0.2, 0.25) is 23.1 Å². The highest BCUT2D eigenvalue weighted by molar-refractivity contribution is 9.12. The third kappa shape index (κ3) is 10.6. The largest absolute Gasteiger partial charge is 0.505 e. The van der Waals surface area contributed by atoms with Crippen molar-refractivity contribution in [3.8, 4) is 5.75 Å². The molecular weight excluding hydrogens is 986 g/mol. The van der Waals surface area contributed by atoms with Gasteiger partial charge in [-0.15, -0.1) is 15.3 Å². The van der Waals surface area contributed by atoms with E-state index in [0.717, 1.165) is 29.4 Å². The van der Waals surface area contributed by atoms with Gasteiger partial charge in [0.1, 0.15) is 31.7 Å². The number of fused-ring (bicyclic) bond motifs is 1. The Morgan fingerprint density at radius 2 is 1.59 bits per heavy atom. The maximum atomic E-state index is 12.6. The zero-order chi connectivity index (χ0) is 44.2. The van der Waals surface area contributed by atoms with Gasteiger partial charge >= 0.3 is 0 Å². The fourth-order valence-electron chi connectivity index (χ4n) is 5.76. The van der Waals surface area contributed by atoms with E-state index in [9.17, 15) is 35.8 Å². The minimum absolute atomic E-state index is 0.0330. The number of halogens is 3. The van der Waals surface area contributed by atoms with Crippen molar-refractivity contribution < 1.29 is 35.8 Å². The lowest BCUT2D eigenvalue weighted by molar-refractivity contribution is -0.115. The second kappa shape index (κ2) is 18.5. The molecule has 0 saturated carbocycles. The molecule has 1 amide bonds. The van der Waals surface area contributed by atoms with Crippen LogP contribution in [0.2, 0.25) is 5.28 Å². The first kappa shape index (κ1) is 44.9. The van der Waals surface area contributed by atoms with E-state index in [1.54, 1.807) is 12.1 Å². The third-order valence-electron chi connectivity index (χ3n) is 8.54. The van der Waals surface area contributed by atoms with E-state index in [1.807, 2.05) is 43.0 Å². The van der Waals surface area contributed by atoms with Gasteiger partial charge in [0.15, 0.2) is 5.75 Å². The molecule has 6 aromatic rings. The molecule has 0 aliphatic heterocycles. The average molecular weight is 1020 g/mol. The number of alkyl halides is 2. The predicted molar refractivity (Wildman–Crippen MR) is 238 cm³/mol. The number of hydrogen-bond donors (Lipinski definition) is 6. The number of phenols is 1. The Balaban J connectivity index is 1.34. The Labute approximate surface area is 370 Å². The first-order valence-electron chi connectivity index (χ1n) is 17.5. The molecule has 0 aliphatic carbocycles. The highest BCUT2D eigenvalue weighted by atomic mass is 79.9.